The number of aromatic nitrogens is 1. The van der Waals surface area contributed by atoms with Gasteiger partial charge in [-0.2, -0.15) is 5.26 Å². The molecule has 1 aromatic heterocycles. The number of nitriles is 1. The Kier molecular flexibility index (Phi) is 3.34. The number of nitrogens with zero attached hydrogens (tertiary/aromatic N) is 2. The van der Waals surface area contributed by atoms with Gasteiger partial charge in [0, 0.05) is 0 Å². The molecule has 2 N–H and O–H groups in total. The summed E-state index contributed by atoms with van der Waals surface area (Å²) in [6, 6.07) is 9.22. The van der Waals surface area contributed by atoms with Crippen LogP contribution in [-0.4, -0.2) is 12.3 Å². The molecule has 1 heterocycles. The zero-order chi connectivity index (χ0) is 13.0. The van der Waals surface area contributed by atoms with Crippen molar-refractivity contribution in [2.45, 2.75) is 6.61 Å². The topological polar surface area (TPSA) is 94.3 Å². The van der Waals surface area contributed by atoms with Gasteiger partial charge in [-0.3, -0.25) is 0 Å². The van der Waals surface area contributed by atoms with Gasteiger partial charge in [0.05, 0.1) is 7.11 Å². The monoisotopic (exact) mass is 245 g/mol. The van der Waals surface area contributed by atoms with Crippen molar-refractivity contribution in [1.29, 1.82) is 5.26 Å². The lowest BCUT2D eigenvalue weighted by Crippen LogP contribution is -1.97. The van der Waals surface area contributed by atoms with Crippen molar-refractivity contribution in [3.05, 3.63) is 35.4 Å². The molecule has 92 valence electrons. The number of anilines is 1. The Labute approximate surface area is 104 Å². The van der Waals surface area contributed by atoms with Crippen molar-refractivity contribution >= 4 is 5.88 Å². The first-order chi connectivity index (χ1) is 8.74. The molecule has 0 spiro atoms. The second-order valence-corrected chi connectivity index (χ2v) is 3.48. The molecule has 0 aliphatic heterocycles. The van der Waals surface area contributed by atoms with E-state index in [-0.39, 0.29) is 23.9 Å². The van der Waals surface area contributed by atoms with E-state index >= 15 is 0 Å². The molecule has 1 aromatic carbocycles. The minimum Gasteiger partial charge on any atom is -0.497 e. The Balaban J connectivity index is 2.04. The van der Waals surface area contributed by atoms with E-state index in [9.17, 15) is 0 Å². The highest BCUT2D eigenvalue weighted by Gasteiger charge is 2.14. The number of hydrogen-bond acceptors (Lipinski definition) is 6. The smallest absolute Gasteiger partial charge is 0.275 e. The van der Waals surface area contributed by atoms with E-state index in [0.29, 0.717) is 0 Å². The molecule has 6 nitrogen and oxygen atoms in total. The third-order valence-electron chi connectivity index (χ3n) is 2.33. The molecule has 0 unspecified atom stereocenters. The summed E-state index contributed by atoms with van der Waals surface area (Å²) in [5.41, 5.74) is 6.44. The number of benzene rings is 1. The summed E-state index contributed by atoms with van der Waals surface area (Å²) >= 11 is 0. The van der Waals surface area contributed by atoms with Crippen LogP contribution in [0.15, 0.2) is 28.8 Å². The predicted molar refractivity (Wildman–Crippen MR) is 63.0 cm³/mol. The Hall–Kier alpha value is -2.68. The van der Waals surface area contributed by atoms with E-state index in [2.05, 4.69) is 9.68 Å². The predicted octanol–water partition coefficient (Wildman–Crippen LogP) is 1.72. The fourth-order valence-electron chi connectivity index (χ4n) is 1.36. The Morgan fingerprint density at radius 2 is 2.11 bits per heavy atom. The summed E-state index contributed by atoms with van der Waals surface area (Å²) in [5, 5.41) is 12.4. The molecule has 2 aromatic rings. The van der Waals surface area contributed by atoms with Crippen LogP contribution in [0.2, 0.25) is 0 Å². The average molecular weight is 245 g/mol. The Morgan fingerprint density at radius 1 is 1.39 bits per heavy atom. The van der Waals surface area contributed by atoms with Gasteiger partial charge in [-0.1, -0.05) is 12.1 Å². The SMILES string of the molecule is COc1ccc(COc2noc(N)c2C#N)cc1. The van der Waals surface area contributed by atoms with Gasteiger partial charge in [-0.25, -0.2) is 0 Å². The molecular formula is C12H11N3O3. The van der Waals surface area contributed by atoms with Gasteiger partial charge in [-0.15, -0.1) is 0 Å². The number of nitrogen functional groups attached to an aromatic ring is 1. The summed E-state index contributed by atoms with van der Waals surface area (Å²) in [7, 11) is 1.60. The third-order valence-corrected chi connectivity index (χ3v) is 2.33. The highest BCUT2D eigenvalue weighted by atomic mass is 16.5. The van der Waals surface area contributed by atoms with Crippen LogP contribution in [0.3, 0.4) is 0 Å². The molecule has 0 saturated heterocycles. The number of hydrogen-bond donors (Lipinski definition) is 1. The van der Waals surface area contributed by atoms with Crippen molar-refractivity contribution in [1.82, 2.24) is 5.16 Å². The van der Waals surface area contributed by atoms with Crippen molar-refractivity contribution in [3.63, 3.8) is 0 Å². The fraction of sp³-hybridized carbons (Fsp3) is 0.167. The summed E-state index contributed by atoms with van der Waals surface area (Å²) in [5.74, 6) is 0.829. The van der Waals surface area contributed by atoms with Gasteiger partial charge in [0.1, 0.15) is 18.4 Å². The van der Waals surface area contributed by atoms with Gasteiger partial charge in [0.2, 0.25) is 5.88 Å². The van der Waals surface area contributed by atoms with Gasteiger partial charge < -0.3 is 19.7 Å². The highest BCUT2D eigenvalue weighted by molar-refractivity contribution is 5.51. The Morgan fingerprint density at radius 3 is 2.72 bits per heavy atom. The van der Waals surface area contributed by atoms with Crippen LogP contribution in [0.1, 0.15) is 11.1 Å². The van der Waals surface area contributed by atoms with Crippen LogP contribution in [0, 0.1) is 11.3 Å². The van der Waals surface area contributed by atoms with Gasteiger partial charge >= 0.3 is 0 Å². The Bertz CT molecular complexity index is 569. The van der Waals surface area contributed by atoms with Crippen molar-refractivity contribution in [2.75, 3.05) is 12.8 Å². The zero-order valence-corrected chi connectivity index (χ0v) is 9.71. The van der Waals surface area contributed by atoms with Crippen LogP contribution in [0.4, 0.5) is 5.88 Å². The molecule has 0 saturated carbocycles. The maximum absolute atomic E-state index is 8.83. The first-order valence-electron chi connectivity index (χ1n) is 5.15. The largest absolute Gasteiger partial charge is 0.497 e. The van der Waals surface area contributed by atoms with Crippen LogP contribution >= 0.6 is 0 Å². The lowest BCUT2D eigenvalue weighted by Gasteiger charge is -2.04. The van der Waals surface area contributed by atoms with E-state index in [1.54, 1.807) is 7.11 Å². The normalized spacial score (nSPS) is 9.78. The summed E-state index contributed by atoms with van der Waals surface area (Å²) < 4.78 is 15.1. The summed E-state index contributed by atoms with van der Waals surface area (Å²) in [6.07, 6.45) is 0. The van der Waals surface area contributed by atoms with Crippen LogP contribution < -0.4 is 15.2 Å². The number of methoxy groups -OCH3 is 1. The van der Waals surface area contributed by atoms with E-state index in [4.69, 9.17) is 20.5 Å². The first-order valence-corrected chi connectivity index (χ1v) is 5.15. The van der Waals surface area contributed by atoms with Crippen LogP contribution in [0.5, 0.6) is 11.6 Å². The fourth-order valence-corrected chi connectivity index (χ4v) is 1.36. The van der Waals surface area contributed by atoms with Gasteiger partial charge in [0.15, 0.2) is 5.56 Å². The van der Waals surface area contributed by atoms with E-state index in [1.807, 2.05) is 30.3 Å². The van der Waals surface area contributed by atoms with Crippen molar-refractivity contribution in [2.24, 2.45) is 0 Å². The zero-order valence-electron chi connectivity index (χ0n) is 9.71. The average Bonchev–Trinajstić information content (AvgIpc) is 2.77. The first kappa shape index (κ1) is 11.8. The molecule has 0 aliphatic carbocycles. The maximum atomic E-state index is 8.83. The van der Waals surface area contributed by atoms with E-state index in [1.165, 1.54) is 0 Å². The minimum atomic E-state index is -0.0396. The molecule has 2 rings (SSSR count). The molecule has 0 aliphatic rings. The molecule has 0 amide bonds. The molecule has 18 heavy (non-hydrogen) atoms. The quantitative estimate of drug-likeness (QED) is 0.881. The molecular weight excluding hydrogens is 234 g/mol. The lowest BCUT2D eigenvalue weighted by molar-refractivity contribution is 0.270. The van der Waals surface area contributed by atoms with Crippen molar-refractivity contribution < 1.29 is 14.0 Å². The third kappa shape index (κ3) is 2.35. The minimum absolute atomic E-state index is 0.0396. The number of ether oxygens (including phenoxy) is 2. The number of rotatable bonds is 4. The van der Waals surface area contributed by atoms with Crippen LogP contribution in [-0.2, 0) is 6.61 Å². The molecule has 0 fully saturated rings. The van der Waals surface area contributed by atoms with Crippen molar-refractivity contribution in [3.8, 4) is 17.7 Å². The standard InChI is InChI=1S/C12H11N3O3/c1-16-9-4-2-8(3-5-9)7-17-12-10(6-13)11(14)18-15-12/h2-5H,7,14H2,1H3. The molecule has 6 heteroatoms. The lowest BCUT2D eigenvalue weighted by atomic mass is 10.2. The summed E-state index contributed by atoms with van der Waals surface area (Å²) in [6.45, 7) is 0.268. The van der Waals surface area contributed by atoms with Gasteiger partial charge in [-0.05, 0) is 22.9 Å². The molecule has 0 radical (unpaired) electrons. The highest BCUT2D eigenvalue weighted by Crippen LogP contribution is 2.23. The molecule has 0 bridgehead atoms. The second kappa shape index (κ2) is 5.10. The van der Waals surface area contributed by atoms with Gasteiger partial charge in [0.25, 0.3) is 5.88 Å². The molecule has 0 atom stereocenters. The van der Waals surface area contributed by atoms with Crippen LogP contribution in [0.25, 0.3) is 0 Å². The second-order valence-electron chi connectivity index (χ2n) is 3.48. The van der Waals surface area contributed by atoms with E-state index < -0.39 is 0 Å². The summed E-state index contributed by atoms with van der Waals surface area (Å²) in [4.78, 5) is 0. The van der Waals surface area contributed by atoms with E-state index in [0.717, 1.165) is 11.3 Å². The number of nitrogens with two attached hydrogens (primary N) is 1. The maximum Gasteiger partial charge on any atom is 0.275 e.